The summed E-state index contributed by atoms with van der Waals surface area (Å²) in [4.78, 5) is 23.9. The number of ether oxygens (including phenoxy) is 1. The Labute approximate surface area is 128 Å². The van der Waals surface area contributed by atoms with E-state index in [1.165, 1.54) is 5.56 Å². The molecule has 2 amide bonds. The van der Waals surface area contributed by atoms with Gasteiger partial charge in [0.2, 0.25) is 0 Å². The number of anilines is 2. The topological polar surface area (TPSA) is 67.4 Å². The molecule has 0 aliphatic carbocycles. The van der Waals surface area contributed by atoms with Gasteiger partial charge in [-0.2, -0.15) is 0 Å². The fraction of sp³-hybridized carbons (Fsp3) is 0.176. The average molecular weight is 296 g/mol. The summed E-state index contributed by atoms with van der Waals surface area (Å²) in [6, 6.07) is 12.8. The van der Waals surface area contributed by atoms with Crippen molar-refractivity contribution in [2.75, 3.05) is 17.2 Å². The Bertz CT molecular complexity index is 723. The van der Waals surface area contributed by atoms with E-state index >= 15 is 0 Å². The first-order valence-electron chi connectivity index (χ1n) is 7.13. The van der Waals surface area contributed by atoms with Gasteiger partial charge in [-0.05, 0) is 36.2 Å². The molecule has 1 aliphatic heterocycles. The van der Waals surface area contributed by atoms with E-state index < -0.39 is 0 Å². The first-order valence-corrected chi connectivity index (χ1v) is 7.13. The molecule has 0 radical (unpaired) electrons. The third-order valence-electron chi connectivity index (χ3n) is 3.51. The zero-order valence-electron chi connectivity index (χ0n) is 12.2. The number of hydrogen-bond donors (Lipinski definition) is 2. The second kappa shape index (κ2) is 5.89. The van der Waals surface area contributed by atoms with Gasteiger partial charge in [0.25, 0.3) is 11.8 Å². The molecule has 112 valence electrons. The van der Waals surface area contributed by atoms with E-state index in [2.05, 4.69) is 17.6 Å². The molecule has 2 aromatic rings. The van der Waals surface area contributed by atoms with Crippen molar-refractivity contribution in [1.29, 1.82) is 0 Å². The van der Waals surface area contributed by atoms with Crippen molar-refractivity contribution in [2.45, 2.75) is 13.3 Å². The summed E-state index contributed by atoms with van der Waals surface area (Å²) in [7, 11) is 0. The molecule has 0 unspecified atom stereocenters. The van der Waals surface area contributed by atoms with Crippen LogP contribution in [0.5, 0.6) is 5.75 Å². The maximum atomic E-state index is 12.4. The first-order chi connectivity index (χ1) is 10.7. The maximum Gasteiger partial charge on any atom is 0.262 e. The molecule has 5 nitrogen and oxygen atoms in total. The van der Waals surface area contributed by atoms with E-state index in [0.29, 0.717) is 22.7 Å². The van der Waals surface area contributed by atoms with Gasteiger partial charge in [0.15, 0.2) is 6.61 Å². The van der Waals surface area contributed by atoms with E-state index in [4.69, 9.17) is 4.74 Å². The number of nitrogens with one attached hydrogen (secondary N) is 2. The molecule has 1 aliphatic rings. The number of aryl methyl sites for hydroxylation is 1. The van der Waals surface area contributed by atoms with Crippen LogP contribution in [-0.2, 0) is 11.2 Å². The lowest BCUT2D eigenvalue weighted by Crippen LogP contribution is -2.27. The molecule has 2 aromatic carbocycles. The number of carbonyl (C=O) groups is 2. The Morgan fingerprint density at radius 2 is 2.00 bits per heavy atom. The second-order valence-electron chi connectivity index (χ2n) is 5.02. The summed E-state index contributed by atoms with van der Waals surface area (Å²) in [5.41, 5.74) is 2.71. The van der Waals surface area contributed by atoms with Crippen LogP contribution < -0.4 is 15.4 Å². The van der Waals surface area contributed by atoms with Gasteiger partial charge in [-0.15, -0.1) is 0 Å². The van der Waals surface area contributed by atoms with E-state index in [0.717, 1.165) is 6.42 Å². The van der Waals surface area contributed by atoms with Crippen molar-refractivity contribution >= 4 is 23.2 Å². The molecular formula is C17H16N2O3. The normalized spacial score (nSPS) is 12.9. The molecule has 0 spiro atoms. The monoisotopic (exact) mass is 296 g/mol. The van der Waals surface area contributed by atoms with E-state index in [1.807, 2.05) is 24.3 Å². The van der Waals surface area contributed by atoms with Crippen molar-refractivity contribution in [3.05, 3.63) is 53.6 Å². The standard InChI is InChI=1S/C17H16N2O3/c1-2-11-6-8-12(9-7-11)18-17(21)13-4-3-5-14-16(13)19-15(20)10-22-14/h3-9H,2,10H2,1H3,(H,18,21)(H,19,20). The Kier molecular flexibility index (Phi) is 3.78. The van der Waals surface area contributed by atoms with Crippen LogP contribution in [0, 0.1) is 0 Å². The summed E-state index contributed by atoms with van der Waals surface area (Å²) in [6.45, 7) is 2.04. The van der Waals surface area contributed by atoms with Gasteiger partial charge in [0, 0.05) is 5.69 Å². The molecule has 0 saturated heterocycles. The van der Waals surface area contributed by atoms with Gasteiger partial charge in [-0.25, -0.2) is 0 Å². The molecule has 0 atom stereocenters. The fourth-order valence-corrected chi connectivity index (χ4v) is 2.31. The average Bonchev–Trinajstić information content (AvgIpc) is 2.55. The van der Waals surface area contributed by atoms with Crippen molar-refractivity contribution in [1.82, 2.24) is 0 Å². The molecule has 22 heavy (non-hydrogen) atoms. The van der Waals surface area contributed by atoms with Crippen LogP contribution >= 0.6 is 0 Å². The number of carbonyl (C=O) groups excluding carboxylic acids is 2. The molecule has 3 rings (SSSR count). The quantitative estimate of drug-likeness (QED) is 0.915. The summed E-state index contributed by atoms with van der Waals surface area (Å²) in [5.74, 6) is -0.0412. The van der Waals surface area contributed by atoms with Crippen molar-refractivity contribution < 1.29 is 14.3 Å². The Balaban J connectivity index is 1.84. The molecule has 0 aromatic heterocycles. The highest BCUT2D eigenvalue weighted by Gasteiger charge is 2.22. The molecule has 1 heterocycles. The number of fused-ring (bicyclic) bond motifs is 1. The highest BCUT2D eigenvalue weighted by molar-refractivity contribution is 6.11. The van der Waals surface area contributed by atoms with Gasteiger partial charge in [0.05, 0.1) is 11.3 Å². The highest BCUT2D eigenvalue weighted by Crippen LogP contribution is 2.31. The lowest BCUT2D eigenvalue weighted by Gasteiger charge is -2.20. The molecular weight excluding hydrogens is 280 g/mol. The van der Waals surface area contributed by atoms with Crippen LogP contribution in [0.4, 0.5) is 11.4 Å². The van der Waals surface area contributed by atoms with E-state index in [9.17, 15) is 9.59 Å². The number of rotatable bonds is 3. The number of hydrogen-bond acceptors (Lipinski definition) is 3. The van der Waals surface area contributed by atoms with E-state index in [1.54, 1.807) is 18.2 Å². The predicted octanol–water partition coefficient (Wildman–Crippen LogP) is 2.83. The van der Waals surface area contributed by atoms with Crippen molar-refractivity contribution in [2.24, 2.45) is 0 Å². The second-order valence-corrected chi connectivity index (χ2v) is 5.02. The van der Waals surface area contributed by atoms with Crippen LogP contribution in [0.3, 0.4) is 0 Å². The zero-order valence-corrected chi connectivity index (χ0v) is 12.2. The van der Waals surface area contributed by atoms with Crippen LogP contribution in [0.15, 0.2) is 42.5 Å². The maximum absolute atomic E-state index is 12.4. The van der Waals surface area contributed by atoms with Gasteiger partial charge in [0.1, 0.15) is 5.75 Å². The van der Waals surface area contributed by atoms with Crippen LogP contribution in [0.1, 0.15) is 22.8 Å². The Hall–Kier alpha value is -2.82. The minimum atomic E-state index is -0.285. The largest absolute Gasteiger partial charge is 0.482 e. The molecule has 2 N–H and O–H groups in total. The number of para-hydroxylation sites is 1. The highest BCUT2D eigenvalue weighted by atomic mass is 16.5. The fourth-order valence-electron chi connectivity index (χ4n) is 2.31. The van der Waals surface area contributed by atoms with Crippen LogP contribution in [0.25, 0.3) is 0 Å². The minimum absolute atomic E-state index is 0.0312. The minimum Gasteiger partial charge on any atom is -0.482 e. The van der Waals surface area contributed by atoms with Crippen molar-refractivity contribution in [3.63, 3.8) is 0 Å². The molecule has 0 fully saturated rings. The lowest BCUT2D eigenvalue weighted by atomic mass is 10.1. The molecule has 0 saturated carbocycles. The first kappa shape index (κ1) is 14.1. The summed E-state index contributed by atoms with van der Waals surface area (Å²) >= 11 is 0. The van der Waals surface area contributed by atoms with Gasteiger partial charge in [-0.1, -0.05) is 25.1 Å². The van der Waals surface area contributed by atoms with Crippen molar-refractivity contribution in [3.8, 4) is 5.75 Å². The summed E-state index contributed by atoms with van der Waals surface area (Å²) < 4.78 is 5.31. The van der Waals surface area contributed by atoms with Crippen LogP contribution in [-0.4, -0.2) is 18.4 Å². The predicted molar refractivity (Wildman–Crippen MR) is 84.3 cm³/mol. The Morgan fingerprint density at radius 1 is 1.23 bits per heavy atom. The third-order valence-corrected chi connectivity index (χ3v) is 3.51. The number of amides is 2. The lowest BCUT2D eigenvalue weighted by molar-refractivity contribution is -0.118. The SMILES string of the molecule is CCc1ccc(NC(=O)c2cccc3c2NC(=O)CO3)cc1. The Morgan fingerprint density at radius 3 is 2.73 bits per heavy atom. The summed E-state index contributed by atoms with van der Waals surface area (Å²) in [6.07, 6.45) is 0.948. The van der Waals surface area contributed by atoms with E-state index in [-0.39, 0.29) is 18.4 Å². The zero-order chi connectivity index (χ0) is 15.5. The van der Waals surface area contributed by atoms with Gasteiger partial charge >= 0.3 is 0 Å². The summed E-state index contributed by atoms with van der Waals surface area (Å²) in [5, 5.41) is 5.52. The number of benzene rings is 2. The van der Waals surface area contributed by atoms with Crippen LogP contribution in [0.2, 0.25) is 0 Å². The van der Waals surface area contributed by atoms with Gasteiger partial charge < -0.3 is 15.4 Å². The smallest absolute Gasteiger partial charge is 0.262 e. The molecule has 5 heteroatoms. The van der Waals surface area contributed by atoms with Gasteiger partial charge in [-0.3, -0.25) is 9.59 Å². The third kappa shape index (κ3) is 2.79. The molecule has 0 bridgehead atoms.